The Kier molecular flexibility index (Phi) is 3.26. The highest BCUT2D eigenvalue weighted by Crippen LogP contribution is 2.36. The van der Waals surface area contributed by atoms with E-state index in [-0.39, 0.29) is 18.7 Å². The number of ether oxygens (including phenoxy) is 2. The van der Waals surface area contributed by atoms with Crippen LogP contribution >= 0.6 is 0 Å². The van der Waals surface area contributed by atoms with Crippen LogP contribution in [0.4, 0.5) is 0 Å². The Hall–Kier alpha value is -2.82. The number of nitrogens with zero attached hydrogens (tertiary/aromatic N) is 2. The van der Waals surface area contributed by atoms with Crippen LogP contribution in [0.3, 0.4) is 0 Å². The van der Waals surface area contributed by atoms with Gasteiger partial charge in [-0.1, -0.05) is 30.3 Å². The maximum atomic E-state index is 12.0. The second-order valence-corrected chi connectivity index (χ2v) is 5.61. The number of fused-ring (bicyclic) bond motifs is 1. The third kappa shape index (κ3) is 2.44. The van der Waals surface area contributed by atoms with Crippen LogP contribution < -0.4 is 9.47 Å². The minimum absolute atomic E-state index is 0.0606. The molecular formula is C18H16N2O3. The van der Waals surface area contributed by atoms with E-state index in [1.807, 2.05) is 48.5 Å². The molecule has 1 atom stereocenters. The number of carbonyl (C=O) groups excluding carboxylic acids is 1. The van der Waals surface area contributed by atoms with Crippen molar-refractivity contribution in [1.29, 1.82) is 0 Å². The molecule has 0 fully saturated rings. The summed E-state index contributed by atoms with van der Waals surface area (Å²) in [5.41, 5.74) is 2.92. The van der Waals surface area contributed by atoms with Crippen molar-refractivity contribution < 1.29 is 14.3 Å². The fourth-order valence-electron chi connectivity index (χ4n) is 2.99. The van der Waals surface area contributed by atoms with Gasteiger partial charge in [-0.2, -0.15) is 5.10 Å². The van der Waals surface area contributed by atoms with Gasteiger partial charge in [0.25, 0.3) is 0 Å². The summed E-state index contributed by atoms with van der Waals surface area (Å²) in [5, 5.41) is 6.11. The summed E-state index contributed by atoms with van der Waals surface area (Å²) in [5.74, 6) is 1.41. The summed E-state index contributed by atoms with van der Waals surface area (Å²) in [6, 6.07) is 15.7. The summed E-state index contributed by atoms with van der Waals surface area (Å²) >= 11 is 0. The molecule has 2 aromatic rings. The van der Waals surface area contributed by atoms with Gasteiger partial charge in [-0.25, -0.2) is 5.01 Å². The van der Waals surface area contributed by atoms with Crippen LogP contribution in [0, 0.1) is 0 Å². The van der Waals surface area contributed by atoms with Crippen LogP contribution in [0.15, 0.2) is 53.6 Å². The quantitative estimate of drug-likeness (QED) is 0.856. The number of hydrogen-bond acceptors (Lipinski definition) is 4. The van der Waals surface area contributed by atoms with Crippen molar-refractivity contribution in [3.05, 3.63) is 59.7 Å². The molecule has 0 radical (unpaired) electrons. The fourth-order valence-corrected chi connectivity index (χ4v) is 2.99. The Morgan fingerprint density at radius 3 is 2.70 bits per heavy atom. The highest BCUT2D eigenvalue weighted by molar-refractivity contribution is 6.03. The number of benzene rings is 2. The van der Waals surface area contributed by atoms with Gasteiger partial charge in [0, 0.05) is 18.9 Å². The first-order valence-corrected chi connectivity index (χ1v) is 7.54. The molecule has 0 saturated heterocycles. The molecule has 0 bridgehead atoms. The molecule has 23 heavy (non-hydrogen) atoms. The Morgan fingerprint density at radius 1 is 1.13 bits per heavy atom. The third-order valence-corrected chi connectivity index (χ3v) is 4.12. The summed E-state index contributed by atoms with van der Waals surface area (Å²) in [6.45, 7) is 1.79. The van der Waals surface area contributed by atoms with Gasteiger partial charge in [-0.3, -0.25) is 4.79 Å². The lowest BCUT2D eigenvalue weighted by molar-refractivity contribution is -0.130. The molecule has 0 aromatic heterocycles. The fraction of sp³-hybridized carbons (Fsp3) is 0.222. The van der Waals surface area contributed by atoms with Crippen molar-refractivity contribution in [2.75, 3.05) is 6.79 Å². The minimum Gasteiger partial charge on any atom is -0.454 e. The van der Waals surface area contributed by atoms with E-state index in [2.05, 4.69) is 5.10 Å². The second-order valence-electron chi connectivity index (χ2n) is 5.61. The molecule has 2 aromatic carbocycles. The standard InChI is InChI=1S/C18H16N2O3/c1-12(21)20-16(13-5-3-2-4-6-13)10-15(19-20)14-7-8-17-18(9-14)23-11-22-17/h2-9,16H,10-11H2,1H3/t16-/m0/s1. The van der Waals surface area contributed by atoms with Crippen molar-refractivity contribution in [1.82, 2.24) is 5.01 Å². The molecule has 116 valence electrons. The van der Waals surface area contributed by atoms with Crippen molar-refractivity contribution in [2.24, 2.45) is 5.10 Å². The highest BCUT2D eigenvalue weighted by Gasteiger charge is 2.31. The van der Waals surface area contributed by atoms with Crippen molar-refractivity contribution in [3.63, 3.8) is 0 Å². The zero-order chi connectivity index (χ0) is 15.8. The van der Waals surface area contributed by atoms with Crippen LogP contribution in [0.25, 0.3) is 0 Å². The monoisotopic (exact) mass is 308 g/mol. The molecule has 5 nitrogen and oxygen atoms in total. The maximum absolute atomic E-state index is 12.0. The van der Waals surface area contributed by atoms with E-state index >= 15 is 0 Å². The first-order chi connectivity index (χ1) is 11.2. The van der Waals surface area contributed by atoms with E-state index < -0.39 is 0 Å². The van der Waals surface area contributed by atoms with E-state index in [9.17, 15) is 4.79 Å². The SMILES string of the molecule is CC(=O)N1N=C(c2ccc3c(c2)OCO3)C[C@H]1c1ccccc1. The van der Waals surface area contributed by atoms with E-state index in [0.717, 1.165) is 28.3 Å². The first kappa shape index (κ1) is 13.8. The minimum atomic E-state index is -0.0610. The Labute approximate surface area is 134 Å². The van der Waals surface area contributed by atoms with Gasteiger partial charge in [-0.15, -0.1) is 0 Å². The lowest BCUT2D eigenvalue weighted by atomic mass is 9.98. The summed E-state index contributed by atoms with van der Waals surface area (Å²) in [6.07, 6.45) is 0.684. The van der Waals surface area contributed by atoms with Crippen molar-refractivity contribution in [3.8, 4) is 11.5 Å². The highest BCUT2D eigenvalue weighted by atomic mass is 16.7. The predicted molar refractivity (Wildman–Crippen MR) is 85.4 cm³/mol. The largest absolute Gasteiger partial charge is 0.454 e. The zero-order valence-corrected chi connectivity index (χ0v) is 12.7. The summed E-state index contributed by atoms with van der Waals surface area (Å²) in [7, 11) is 0. The lowest BCUT2D eigenvalue weighted by Crippen LogP contribution is -2.24. The number of hydrogen-bond donors (Lipinski definition) is 0. The molecule has 0 saturated carbocycles. The molecule has 0 spiro atoms. The lowest BCUT2D eigenvalue weighted by Gasteiger charge is -2.20. The molecule has 0 unspecified atom stereocenters. The van der Waals surface area contributed by atoms with E-state index in [0.29, 0.717) is 6.42 Å². The van der Waals surface area contributed by atoms with E-state index in [4.69, 9.17) is 9.47 Å². The van der Waals surface area contributed by atoms with Gasteiger partial charge >= 0.3 is 0 Å². The van der Waals surface area contributed by atoms with Crippen molar-refractivity contribution >= 4 is 11.6 Å². The van der Waals surface area contributed by atoms with Crippen LogP contribution in [0.5, 0.6) is 11.5 Å². The number of amides is 1. The van der Waals surface area contributed by atoms with E-state index in [1.54, 1.807) is 11.9 Å². The van der Waals surface area contributed by atoms with Crippen LogP contribution in [0.1, 0.15) is 30.5 Å². The average molecular weight is 308 g/mol. The number of hydrazone groups is 1. The zero-order valence-electron chi connectivity index (χ0n) is 12.7. The van der Waals surface area contributed by atoms with Crippen molar-refractivity contribution in [2.45, 2.75) is 19.4 Å². The molecule has 2 heterocycles. The topological polar surface area (TPSA) is 51.1 Å². The molecule has 2 aliphatic rings. The van der Waals surface area contributed by atoms with Gasteiger partial charge < -0.3 is 9.47 Å². The number of rotatable bonds is 2. The molecule has 0 N–H and O–H groups in total. The van der Waals surface area contributed by atoms with Gasteiger partial charge in [0.15, 0.2) is 11.5 Å². The van der Waals surface area contributed by atoms with Gasteiger partial charge in [-0.05, 0) is 23.8 Å². The molecule has 5 heteroatoms. The van der Waals surface area contributed by atoms with Gasteiger partial charge in [0.1, 0.15) is 0 Å². The van der Waals surface area contributed by atoms with Gasteiger partial charge in [0.05, 0.1) is 11.8 Å². The van der Waals surface area contributed by atoms with Crippen LogP contribution in [-0.2, 0) is 4.79 Å². The Morgan fingerprint density at radius 2 is 1.91 bits per heavy atom. The normalized spacial score (nSPS) is 18.9. The van der Waals surface area contributed by atoms with Crippen LogP contribution in [-0.4, -0.2) is 23.4 Å². The Bertz CT molecular complexity index is 786. The third-order valence-electron chi connectivity index (χ3n) is 4.12. The van der Waals surface area contributed by atoms with Gasteiger partial charge in [0.2, 0.25) is 12.7 Å². The molecule has 4 rings (SSSR count). The summed E-state index contributed by atoms with van der Waals surface area (Å²) in [4.78, 5) is 12.0. The first-order valence-electron chi connectivity index (χ1n) is 7.54. The smallest absolute Gasteiger partial charge is 0.240 e. The molecular weight excluding hydrogens is 292 g/mol. The van der Waals surface area contributed by atoms with Crippen LogP contribution in [0.2, 0.25) is 0 Å². The molecule has 1 amide bonds. The summed E-state index contributed by atoms with van der Waals surface area (Å²) < 4.78 is 10.8. The van der Waals surface area contributed by atoms with E-state index in [1.165, 1.54) is 0 Å². The number of carbonyl (C=O) groups is 1. The second kappa shape index (κ2) is 5.43. The molecule has 2 aliphatic heterocycles. The molecule has 0 aliphatic carbocycles. The Balaban J connectivity index is 1.68. The average Bonchev–Trinajstić information content (AvgIpc) is 3.22. The maximum Gasteiger partial charge on any atom is 0.240 e. The predicted octanol–water partition coefficient (Wildman–Crippen LogP) is 3.11.